The van der Waals surface area contributed by atoms with Crippen LogP contribution in [0.25, 0.3) is 0 Å². The predicted octanol–water partition coefficient (Wildman–Crippen LogP) is 1.06. The van der Waals surface area contributed by atoms with E-state index in [1.807, 2.05) is 0 Å². The molecule has 0 bridgehead atoms. The van der Waals surface area contributed by atoms with Gasteiger partial charge in [0.1, 0.15) is 0 Å². The predicted molar refractivity (Wildman–Crippen MR) is 87.7 cm³/mol. The normalized spacial score (nSPS) is 11.8. The molecule has 0 aliphatic heterocycles. The highest BCUT2D eigenvalue weighted by molar-refractivity contribution is 6.09. The van der Waals surface area contributed by atoms with Crippen LogP contribution in [0.3, 0.4) is 0 Å². The molecular weight excluding hydrogens is 330 g/mol. The first-order chi connectivity index (χ1) is 11.8. The zero-order chi connectivity index (χ0) is 19.0. The molecule has 8 heteroatoms. The summed E-state index contributed by atoms with van der Waals surface area (Å²) in [7, 11) is 2.67. The number of methoxy groups -OCH3 is 2. The summed E-state index contributed by atoms with van der Waals surface area (Å²) in [6.45, 7) is 2.00. The molecular formula is C17H19NO7. The second kappa shape index (κ2) is 9.33. The number of esters is 1. The molecule has 25 heavy (non-hydrogen) atoms. The van der Waals surface area contributed by atoms with Crippen LogP contribution in [0.15, 0.2) is 30.4 Å². The van der Waals surface area contributed by atoms with E-state index in [-0.39, 0.29) is 29.3 Å². The van der Waals surface area contributed by atoms with Crippen LogP contribution in [0.1, 0.15) is 38.0 Å². The fourth-order valence-corrected chi connectivity index (χ4v) is 1.80. The molecule has 1 amide bonds. The summed E-state index contributed by atoms with van der Waals surface area (Å²) in [5.41, 5.74) is 0.0608. The van der Waals surface area contributed by atoms with Gasteiger partial charge in [0.15, 0.2) is 5.78 Å². The standard InChI is InChI=1S/C17H19NO7/c1-10(24-2)9-18-16(22)12-6-11(14(19)4-5-15(20)21)7-13(8-12)17(23)25-3/h4-8,10H,9H2,1-3H3,(H,18,22)(H,20,21)/b5-4+. The number of ketones is 1. The van der Waals surface area contributed by atoms with Crippen LogP contribution in [0.5, 0.6) is 0 Å². The number of rotatable bonds is 8. The van der Waals surface area contributed by atoms with E-state index in [0.29, 0.717) is 6.08 Å². The number of carbonyl (C=O) groups excluding carboxylic acids is 3. The Balaban J connectivity index is 3.17. The van der Waals surface area contributed by atoms with Gasteiger partial charge in [-0.1, -0.05) is 0 Å². The van der Waals surface area contributed by atoms with Crippen LogP contribution in [0.4, 0.5) is 0 Å². The summed E-state index contributed by atoms with van der Waals surface area (Å²) in [6, 6.07) is 3.79. The van der Waals surface area contributed by atoms with Crippen molar-refractivity contribution in [1.29, 1.82) is 0 Å². The number of carboxylic acids is 1. The number of nitrogens with one attached hydrogen (secondary N) is 1. The maximum atomic E-state index is 12.2. The number of hydrogen-bond acceptors (Lipinski definition) is 6. The second-order valence-electron chi connectivity index (χ2n) is 5.08. The van der Waals surface area contributed by atoms with Crippen molar-refractivity contribution in [3.05, 3.63) is 47.0 Å². The van der Waals surface area contributed by atoms with Gasteiger partial charge in [0.2, 0.25) is 0 Å². The van der Waals surface area contributed by atoms with Crippen molar-refractivity contribution in [3.63, 3.8) is 0 Å². The van der Waals surface area contributed by atoms with Gasteiger partial charge in [0.05, 0.1) is 18.8 Å². The van der Waals surface area contributed by atoms with Gasteiger partial charge in [-0.05, 0) is 31.2 Å². The molecule has 1 aromatic rings. The largest absolute Gasteiger partial charge is 0.478 e. The van der Waals surface area contributed by atoms with E-state index in [1.165, 1.54) is 32.4 Å². The van der Waals surface area contributed by atoms with Crippen LogP contribution in [-0.2, 0) is 14.3 Å². The Hall–Kier alpha value is -3.00. The molecule has 0 aliphatic carbocycles. The molecule has 1 aromatic carbocycles. The second-order valence-corrected chi connectivity index (χ2v) is 5.08. The fourth-order valence-electron chi connectivity index (χ4n) is 1.80. The minimum atomic E-state index is -1.29. The lowest BCUT2D eigenvalue weighted by Crippen LogP contribution is -2.31. The Morgan fingerprint density at radius 2 is 1.68 bits per heavy atom. The molecule has 0 fully saturated rings. The van der Waals surface area contributed by atoms with Gasteiger partial charge < -0.3 is 19.9 Å². The molecule has 0 aromatic heterocycles. The van der Waals surface area contributed by atoms with Crippen LogP contribution >= 0.6 is 0 Å². The highest BCUT2D eigenvalue weighted by Crippen LogP contribution is 2.13. The number of hydrogen-bond donors (Lipinski definition) is 2. The Labute approximate surface area is 144 Å². The van der Waals surface area contributed by atoms with E-state index in [9.17, 15) is 19.2 Å². The molecule has 0 saturated carbocycles. The lowest BCUT2D eigenvalue weighted by Gasteiger charge is -2.12. The summed E-state index contributed by atoms with van der Waals surface area (Å²) in [4.78, 5) is 46.5. The SMILES string of the molecule is COC(=O)c1cc(C(=O)/C=C/C(=O)O)cc(C(=O)NCC(C)OC)c1. The zero-order valence-corrected chi connectivity index (χ0v) is 14.1. The van der Waals surface area contributed by atoms with Gasteiger partial charge >= 0.3 is 11.9 Å². The molecule has 1 atom stereocenters. The average Bonchev–Trinajstić information content (AvgIpc) is 2.62. The maximum Gasteiger partial charge on any atom is 0.337 e. The number of carboxylic acid groups (broad SMARTS) is 1. The zero-order valence-electron chi connectivity index (χ0n) is 14.1. The molecule has 0 saturated heterocycles. The number of carbonyl (C=O) groups is 4. The summed E-state index contributed by atoms with van der Waals surface area (Å²) >= 11 is 0. The molecule has 1 unspecified atom stereocenters. The van der Waals surface area contributed by atoms with E-state index >= 15 is 0 Å². The Kier molecular flexibility index (Phi) is 7.48. The first-order valence-corrected chi connectivity index (χ1v) is 7.28. The molecule has 0 spiro atoms. The Morgan fingerprint density at radius 3 is 2.24 bits per heavy atom. The third kappa shape index (κ3) is 6.19. The van der Waals surface area contributed by atoms with Gasteiger partial charge in [-0.3, -0.25) is 9.59 Å². The van der Waals surface area contributed by atoms with Crippen LogP contribution in [0.2, 0.25) is 0 Å². The van der Waals surface area contributed by atoms with E-state index < -0.39 is 23.6 Å². The lowest BCUT2D eigenvalue weighted by atomic mass is 10.0. The number of allylic oxidation sites excluding steroid dienone is 1. The molecule has 0 radical (unpaired) electrons. The molecule has 8 nitrogen and oxygen atoms in total. The van der Waals surface area contributed by atoms with Crippen molar-refractivity contribution in [1.82, 2.24) is 5.32 Å². The maximum absolute atomic E-state index is 12.2. The minimum Gasteiger partial charge on any atom is -0.478 e. The number of amides is 1. The Morgan fingerprint density at radius 1 is 1.08 bits per heavy atom. The van der Waals surface area contributed by atoms with Gasteiger partial charge in [-0.15, -0.1) is 0 Å². The molecule has 2 N–H and O–H groups in total. The van der Waals surface area contributed by atoms with E-state index in [2.05, 4.69) is 10.1 Å². The molecule has 134 valence electrons. The topological polar surface area (TPSA) is 119 Å². The van der Waals surface area contributed by atoms with Crippen molar-refractivity contribution in [2.75, 3.05) is 20.8 Å². The van der Waals surface area contributed by atoms with Gasteiger partial charge in [-0.2, -0.15) is 0 Å². The quantitative estimate of drug-likeness (QED) is 0.409. The van der Waals surface area contributed by atoms with E-state index in [0.717, 1.165) is 6.08 Å². The van der Waals surface area contributed by atoms with Gasteiger partial charge in [0, 0.05) is 30.9 Å². The summed E-state index contributed by atoms with van der Waals surface area (Å²) < 4.78 is 9.63. The number of aliphatic carboxylic acids is 1. The summed E-state index contributed by atoms with van der Waals surface area (Å²) in [6.07, 6.45) is 1.30. The molecule has 1 rings (SSSR count). The third-order valence-corrected chi connectivity index (χ3v) is 3.23. The first kappa shape index (κ1) is 20.0. The van der Waals surface area contributed by atoms with Gasteiger partial charge in [-0.25, -0.2) is 9.59 Å². The highest BCUT2D eigenvalue weighted by Gasteiger charge is 2.16. The van der Waals surface area contributed by atoms with Crippen molar-refractivity contribution in [2.24, 2.45) is 0 Å². The number of ether oxygens (including phenoxy) is 2. The smallest absolute Gasteiger partial charge is 0.337 e. The third-order valence-electron chi connectivity index (χ3n) is 3.23. The van der Waals surface area contributed by atoms with Crippen molar-refractivity contribution >= 4 is 23.6 Å². The van der Waals surface area contributed by atoms with Crippen molar-refractivity contribution < 1.29 is 33.8 Å². The highest BCUT2D eigenvalue weighted by atomic mass is 16.5. The van der Waals surface area contributed by atoms with Gasteiger partial charge in [0.25, 0.3) is 5.91 Å². The monoisotopic (exact) mass is 349 g/mol. The van der Waals surface area contributed by atoms with Crippen LogP contribution in [0, 0.1) is 0 Å². The van der Waals surface area contributed by atoms with E-state index in [1.54, 1.807) is 6.92 Å². The minimum absolute atomic E-state index is 0.00187. The molecule has 0 aliphatic rings. The number of benzene rings is 1. The lowest BCUT2D eigenvalue weighted by molar-refractivity contribution is -0.131. The van der Waals surface area contributed by atoms with Crippen LogP contribution in [-0.4, -0.2) is 55.6 Å². The average molecular weight is 349 g/mol. The van der Waals surface area contributed by atoms with Crippen molar-refractivity contribution in [2.45, 2.75) is 13.0 Å². The van der Waals surface area contributed by atoms with E-state index in [4.69, 9.17) is 9.84 Å². The summed E-state index contributed by atoms with van der Waals surface area (Å²) in [5, 5.41) is 11.2. The van der Waals surface area contributed by atoms with Crippen molar-refractivity contribution in [3.8, 4) is 0 Å². The Bertz CT molecular complexity index is 709. The fraction of sp³-hybridized carbons (Fsp3) is 0.294. The summed E-state index contributed by atoms with van der Waals surface area (Å²) in [5.74, 6) is -3.18. The molecule has 0 heterocycles. The first-order valence-electron chi connectivity index (χ1n) is 7.28. The van der Waals surface area contributed by atoms with Crippen LogP contribution < -0.4 is 5.32 Å².